The summed E-state index contributed by atoms with van der Waals surface area (Å²) in [4.78, 5) is 28.0. The van der Waals surface area contributed by atoms with Gasteiger partial charge >= 0.3 is 6.09 Å². The highest BCUT2D eigenvalue weighted by Gasteiger charge is 2.32. The Labute approximate surface area is 157 Å². The lowest BCUT2D eigenvalue weighted by Gasteiger charge is -2.40. The summed E-state index contributed by atoms with van der Waals surface area (Å²) in [7, 11) is 0. The summed E-state index contributed by atoms with van der Waals surface area (Å²) in [6.45, 7) is 8.83. The van der Waals surface area contributed by atoms with E-state index in [1.807, 2.05) is 39.8 Å². The first kappa shape index (κ1) is 19.6. The van der Waals surface area contributed by atoms with E-state index in [1.54, 1.807) is 21.9 Å². The third-order valence-corrected chi connectivity index (χ3v) is 4.30. The minimum absolute atomic E-state index is 0.0155. The van der Waals surface area contributed by atoms with Gasteiger partial charge in [0.05, 0.1) is 0 Å². The topological polar surface area (TPSA) is 59.1 Å². The third kappa shape index (κ3) is 5.92. The van der Waals surface area contributed by atoms with E-state index < -0.39 is 5.60 Å². The Morgan fingerprint density at radius 3 is 2.40 bits per heavy atom. The van der Waals surface area contributed by atoms with Crippen molar-refractivity contribution in [2.45, 2.75) is 39.3 Å². The van der Waals surface area contributed by atoms with Crippen molar-refractivity contribution in [2.24, 2.45) is 0 Å². The van der Waals surface area contributed by atoms with Crippen LogP contribution >= 0.6 is 15.9 Å². The molecule has 1 saturated heterocycles. The van der Waals surface area contributed by atoms with Crippen molar-refractivity contribution in [3.63, 3.8) is 0 Å². The van der Waals surface area contributed by atoms with Crippen LogP contribution in [0.2, 0.25) is 0 Å². The molecule has 1 aromatic carbocycles. The summed E-state index contributed by atoms with van der Waals surface area (Å²) in [6, 6.07) is 7.26. The Morgan fingerprint density at radius 2 is 1.84 bits per heavy atom. The predicted octanol–water partition coefficient (Wildman–Crippen LogP) is 3.30. The monoisotopic (exact) mass is 412 g/mol. The largest absolute Gasteiger partial charge is 0.484 e. The standard InChI is InChI=1S/C18H25BrN2O4/c1-13-11-20(17(23)25-18(2,3)4)9-10-21(13)16(22)12-24-15-7-5-14(19)6-8-15/h5-8,13H,9-12H2,1-4H3. The molecule has 0 radical (unpaired) electrons. The molecule has 0 bridgehead atoms. The third-order valence-electron chi connectivity index (χ3n) is 3.78. The van der Waals surface area contributed by atoms with Crippen LogP contribution in [0.25, 0.3) is 0 Å². The van der Waals surface area contributed by atoms with Gasteiger partial charge in [0.1, 0.15) is 11.4 Å². The minimum atomic E-state index is -0.522. The van der Waals surface area contributed by atoms with E-state index in [2.05, 4.69) is 15.9 Å². The zero-order valence-electron chi connectivity index (χ0n) is 15.1. The number of halogens is 1. The number of carbonyl (C=O) groups excluding carboxylic acids is 2. The van der Waals surface area contributed by atoms with Crippen LogP contribution in [0.4, 0.5) is 4.79 Å². The number of nitrogens with zero attached hydrogens (tertiary/aromatic N) is 2. The Kier molecular flexibility index (Phi) is 6.32. The highest BCUT2D eigenvalue weighted by atomic mass is 79.9. The van der Waals surface area contributed by atoms with Crippen molar-refractivity contribution in [2.75, 3.05) is 26.2 Å². The van der Waals surface area contributed by atoms with Crippen LogP contribution < -0.4 is 4.74 Å². The van der Waals surface area contributed by atoms with E-state index >= 15 is 0 Å². The molecule has 2 amide bonds. The number of carbonyl (C=O) groups is 2. The van der Waals surface area contributed by atoms with Crippen LogP contribution in [0.5, 0.6) is 5.75 Å². The number of rotatable bonds is 3. The summed E-state index contributed by atoms with van der Waals surface area (Å²) >= 11 is 3.36. The number of benzene rings is 1. The second-order valence-electron chi connectivity index (χ2n) is 7.11. The van der Waals surface area contributed by atoms with Crippen molar-refractivity contribution >= 4 is 27.9 Å². The first-order valence-corrected chi connectivity index (χ1v) is 9.11. The van der Waals surface area contributed by atoms with Gasteiger partial charge in [-0.05, 0) is 52.0 Å². The van der Waals surface area contributed by atoms with Crippen LogP contribution in [0, 0.1) is 0 Å². The Balaban J connectivity index is 1.84. The van der Waals surface area contributed by atoms with Crippen LogP contribution in [0.3, 0.4) is 0 Å². The number of hydrogen-bond acceptors (Lipinski definition) is 4. The smallest absolute Gasteiger partial charge is 0.410 e. The van der Waals surface area contributed by atoms with Gasteiger partial charge in [-0.1, -0.05) is 15.9 Å². The number of amides is 2. The normalized spacial score (nSPS) is 18.0. The van der Waals surface area contributed by atoms with Crippen molar-refractivity contribution in [3.8, 4) is 5.75 Å². The van der Waals surface area contributed by atoms with Gasteiger partial charge < -0.3 is 19.3 Å². The SMILES string of the molecule is CC1CN(C(=O)OC(C)(C)C)CCN1C(=O)COc1ccc(Br)cc1. The summed E-state index contributed by atoms with van der Waals surface area (Å²) in [6.07, 6.45) is -0.336. The number of piperazine rings is 1. The average molecular weight is 413 g/mol. The van der Waals surface area contributed by atoms with Gasteiger partial charge in [-0.15, -0.1) is 0 Å². The molecule has 1 heterocycles. The molecule has 0 saturated carbocycles. The lowest BCUT2D eigenvalue weighted by molar-refractivity contribution is -0.137. The van der Waals surface area contributed by atoms with Crippen LogP contribution in [-0.2, 0) is 9.53 Å². The highest BCUT2D eigenvalue weighted by molar-refractivity contribution is 9.10. The van der Waals surface area contributed by atoms with Crippen molar-refractivity contribution in [1.29, 1.82) is 0 Å². The molecule has 0 aromatic heterocycles. The zero-order chi connectivity index (χ0) is 18.6. The fraction of sp³-hybridized carbons (Fsp3) is 0.556. The molecule has 2 rings (SSSR count). The average Bonchev–Trinajstić information content (AvgIpc) is 2.52. The van der Waals surface area contributed by atoms with Crippen molar-refractivity contribution in [1.82, 2.24) is 9.80 Å². The Bertz CT molecular complexity index is 612. The molecule has 1 aliphatic rings. The lowest BCUT2D eigenvalue weighted by Crippen LogP contribution is -2.56. The molecule has 7 heteroatoms. The molecule has 138 valence electrons. The van der Waals surface area contributed by atoms with Crippen LogP contribution in [0.15, 0.2) is 28.7 Å². The maximum Gasteiger partial charge on any atom is 0.410 e. The molecule has 0 N–H and O–H groups in total. The molecular formula is C18H25BrN2O4. The number of hydrogen-bond donors (Lipinski definition) is 0. The molecule has 1 fully saturated rings. The van der Waals surface area contributed by atoms with Gasteiger partial charge in [0.25, 0.3) is 5.91 Å². The fourth-order valence-electron chi connectivity index (χ4n) is 2.58. The summed E-state index contributed by atoms with van der Waals surface area (Å²) in [5.41, 5.74) is -0.522. The van der Waals surface area contributed by atoms with Crippen molar-refractivity contribution in [3.05, 3.63) is 28.7 Å². The predicted molar refractivity (Wildman–Crippen MR) is 98.6 cm³/mol. The van der Waals surface area contributed by atoms with Gasteiger partial charge in [0.15, 0.2) is 6.61 Å². The second kappa shape index (κ2) is 8.08. The van der Waals surface area contributed by atoms with Crippen LogP contribution in [0.1, 0.15) is 27.7 Å². The molecular weight excluding hydrogens is 388 g/mol. The first-order valence-electron chi connectivity index (χ1n) is 8.31. The maximum atomic E-state index is 12.4. The summed E-state index contributed by atoms with van der Waals surface area (Å²) < 4.78 is 11.9. The van der Waals surface area contributed by atoms with Crippen LogP contribution in [-0.4, -0.2) is 59.7 Å². The Morgan fingerprint density at radius 1 is 1.20 bits per heavy atom. The van der Waals surface area contributed by atoms with E-state index in [1.165, 1.54) is 0 Å². The highest BCUT2D eigenvalue weighted by Crippen LogP contribution is 2.18. The van der Waals surface area contributed by atoms with E-state index in [0.717, 1.165) is 4.47 Å². The summed E-state index contributed by atoms with van der Waals surface area (Å²) in [5.74, 6) is 0.566. The second-order valence-corrected chi connectivity index (χ2v) is 8.02. The van der Waals surface area contributed by atoms with Crippen molar-refractivity contribution < 1.29 is 19.1 Å². The van der Waals surface area contributed by atoms with Gasteiger partial charge in [-0.2, -0.15) is 0 Å². The Hall–Kier alpha value is -1.76. The molecule has 0 spiro atoms. The van der Waals surface area contributed by atoms with E-state index in [0.29, 0.717) is 25.4 Å². The minimum Gasteiger partial charge on any atom is -0.484 e. The molecule has 25 heavy (non-hydrogen) atoms. The van der Waals surface area contributed by atoms with Gasteiger partial charge in [0.2, 0.25) is 0 Å². The van der Waals surface area contributed by atoms with E-state index in [-0.39, 0.29) is 24.6 Å². The molecule has 0 aliphatic carbocycles. The molecule has 1 unspecified atom stereocenters. The van der Waals surface area contributed by atoms with Gasteiger partial charge in [-0.25, -0.2) is 4.79 Å². The van der Waals surface area contributed by atoms with Gasteiger partial charge in [-0.3, -0.25) is 4.79 Å². The molecule has 6 nitrogen and oxygen atoms in total. The number of ether oxygens (including phenoxy) is 2. The lowest BCUT2D eigenvalue weighted by atomic mass is 10.2. The fourth-order valence-corrected chi connectivity index (χ4v) is 2.84. The summed E-state index contributed by atoms with van der Waals surface area (Å²) in [5, 5.41) is 0. The maximum absolute atomic E-state index is 12.4. The zero-order valence-corrected chi connectivity index (χ0v) is 16.7. The molecule has 1 aliphatic heterocycles. The molecule has 1 aromatic rings. The van der Waals surface area contributed by atoms with E-state index in [4.69, 9.17) is 9.47 Å². The molecule has 1 atom stereocenters. The quantitative estimate of drug-likeness (QED) is 0.763. The van der Waals surface area contributed by atoms with Gasteiger partial charge in [0, 0.05) is 30.1 Å². The first-order chi connectivity index (χ1) is 11.7. The van der Waals surface area contributed by atoms with E-state index in [9.17, 15) is 9.59 Å².